The molecular formula is C18H19NOS2. The molecule has 0 saturated carbocycles. The zero-order valence-electron chi connectivity index (χ0n) is 12.5. The molecule has 2 heterocycles. The van der Waals surface area contributed by atoms with Gasteiger partial charge in [-0.3, -0.25) is 4.79 Å². The van der Waals surface area contributed by atoms with E-state index >= 15 is 0 Å². The van der Waals surface area contributed by atoms with E-state index in [1.165, 1.54) is 45.7 Å². The maximum atomic E-state index is 12.4. The lowest BCUT2D eigenvalue weighted by atomic mass is 10.1. The van der Waals surface area contributed by atoms with Crippen molar-refractivity contribution >= 4 is 29.0 Å². The molecule has 0 radical (unpaired) electrons. The van der Waals surface area contributed by atoms with Crippen molar-refractivity contribution in [3.05, 3.63) is 51.2 Å². The molecule has 4 heteroatoms. The fraction of sp³-hybridized carbons (Fsp3) is 0.389. The van der Waals surface area contributed by atoms with Crippen LogP contribution in [0.1, 0.15) is 28.0 Å². The number of carbonyl (C=O) groups is 1. The summed E-state index contributed by atoms with van der Waals surface area (Å²) < 4.78 is 0. The molecule has 2 aliphatic rings. The van der Waals surface area contributed by atoms with Gasteiger partial charge >= 0.3 is 0 Å². The summed E-state index contributed by atoms with van der Waals surface area (Å²) in [5.41, 5.74) is 4.32. The average molecular weight is 329 g/mol. The highest BCUT2D eigenvalue weighted by Crippen LogP contribution is 2.29. The SMILES string of the molecule is O=C(CSc1ccc2c(c1)CCC2)N1CCc2sccc2C1. The van der Waals surface area contributed by atoms with Crippen LogP contribution in [0.5, 0.6) is 0 Å². The Morgan fingerprint density at radius 2 is 2.05 bits per heavy atom. The number of hydrogen-bond acceptors (Lipinski definition) is 3. The molecule has 0 spiro atoms. The monoisotopic (exact) mass is 329 g/mol. The number of hydrogen-bond donors (Lipinski definition) is 0. The molecule has 0 atom stereocenters. The van der Waals surface area contributed by atoms with Gasteiger partial charge in [0.1, 0.15) is 0 Å². The van der Waals surface area contributed by atoms with Gasteiger partial charge in [-0.2, -0.15) is 0 Å². The van der Waals surface area contributed by atoms with Crippen LogP contribution in [0.3, 0.4) is 0 Å². The Morgan fingerprint density at radius 1 is 1.14 bits per heavy atom. The third kappa shape index (κ3) is 2.82. The predicted molar refractivity (Wildman–Crippen MR) is 92.6 cm³/mol. The summed E-state index contributed by atoms with van der Waals surface area (Å²) in [7, 11) is 0. The van der Waals surface area contributed by atoms with Crippen molar-refractivity contribution in [1.29, 1.82) is 0 Å². The number of nitrogens with zero attached hydrogens (tertiary/aromatic N) is 1. The lowest BCUT2D eigenvalue weighted by molar-refractivity contribution is -0.129. The zero-order chi connectivity index (χ0) is 14.9. The standard InChI is InChI=1S/C18H19NOS2/c20-18(19-8-6-17-15(11-19)7-9-21-17)12-22-16-5-4-13-2-1-3-14(13)10-16/h4-5,7,9-10H,1-3,6,8,11-12H2. The van der Waals surface area contributed by atoms with Crippen LogP contribution in [0.4, 0.5) is 0 Å². The lowest BCUT2D eigenvalue weighted by Gasteiger charge is -2.27. The first kappa shape index (κ1) is 14.3. The van der Waals surface area contributed by atoms with Gasteiger partial charge in [0, 0.05) is 22.9 Å². The molecule has 114 valence electrons. The third-order valence-electron chi connectivity index (χ3n) is 4.59. The number of benzene rings is 1. The molecule has 1 aromatic heterocycles. The Morgan fingerprint density at radius 3 is 3.00 bits per heavy atom. The van der Waals surface area contributed by atoms with E-state index in [1.54, 1.807) is 11.8 Å². The van der Waals surface area contributed by atoms with E-state index in [2.05, 4.69) is 29.6 Å². The van der Waals surface area contributed by atoms with Gasteiger partial charge in [-0.25, -0.2) is 0 Å². The Balaban J connectivity index is 1.37. The smallest absolute Gasteiger partial charge is 0.233 e. The molecule has 1 aliphatic carbocycles. The molecule has 2 aromatic rings. The van der Waals surface area contributed by atoms with Crippen molar-refractivity contribution in [2.24, 2.45) is 0 Å². The lowest BCUT2D eigenvalue weighted by Crippen LogP contribution is -2.36. The fourth-order valence-corrected chi connectivity index (χ4v) is 5.09. The largest absolute Gasteiger partial charge is 0.337 e. The summed E-state index contributed by atoms with van der Waals surface area (Å²) in [6, 6.07) is 8.86. The molecule has 0 saturated heterocycles. The average Bonchev–Trinajstić information content (AvgIpc) is 3.19. The first-order valence-electron chi connectivity index (χ1n) is 7.87. The number of thiophene rings is 1. The molecule has 4 rings (SSSR count). The summed E-state index contributed by atoms with van der Waals surface area (Å²) in [5, 5.41) is 2.14. The minimum absolute atomic E-state index is 0.266. The Kier molecular flexibility index (Phi) is 3.97. The van der Waals surface area contributed by atoms with Gasteiger partial charge in [-0.05, 0) is 66.0 Å². The van der Waals surface area contributed by atoms with E-state index in [0.29, 0.717) is 5.75 Å². The molecule has 22 heavy (non-hydrogen) atoms. The summed E-state index contributed by atoms with van der Waals surface area (Å²) in [4.78, 5) is 17.1. The van der Waals surface area contributed by atoms with Crippen LogP contribution in [0.15, 0.2) is 34.5 Å². The van der Waals surface area contributed by atoms with Crippen LogP contribution < -0.4 is 0 Å². The van der Waals surface area contributed by atoms with Crippen molar-refractivity contribution in [1.82, 2.24) is 4.90 Å². The zero-order valence-corrected chi connectivity index (χ0v) is 14.1. The first-order chi connectivity index (χ1) is 10.8. The molecule has 2 nitrogen and oxygen atoms in total. The molecular weight excluding hydrogens is 310 g/mol. The van der Waals surface area contributed by atoms with Crippen LogP contribution >= 0.6 is 23.1 Å². The third-order valence-corrected chi connectivity index (χ3v) is 6.59. The minimum atomic E-state index is 0.266. The summed E-state index contributed by atoms with van der Waals surface area (Å²) in [6.07, 6.45) is 4.71. The number of thioether (sulfide) groups is 1. The predicted octanol–water partition coefficient (Wildman–Crippen LogP) is 3.91. The van der Waals surface area contributed by atoms with Crippen molar-refractivity contribution in [3.63, 3.8) is 0 Å². The molecule has 0 unspecified atom stereocenters. The van der Waals surface area contributed by atoms with E-state index in [4.69, 9.17) is 0 Å². The van der Waals surface area contributed by atoms with Gasteiger partial charge in [-0.1, -0.05) is 6.07 Å². The van der Waals surface area contributed by atoms with Crippen LogP contribution in [-0.2, 0) is 30.6 Å². The number of carbonyl (C=O) groups excluding carboxylic acids is 1. The van der Waals surface area contributed by atoms with E-state index in [-0.39, 0.29) is 5.91 Å². The van der Waals surface area contributed by atoms with Crippen molar-refractivity contribution in [2.75, 3.05) is 12.3 Å². The highest BCUT2D eigenvalue weighted by atomic mass is 32.2. The highest BCUT2D eigenvalue weighted by molar-refractivity contribution is 8.00. The fourth-order valence-electron chi connectivity index (χ4n) is 3.34. The highest BCUT2D eigenvalue weighted by Gasteiger charge is 2.21. The number of amides is 1. The normalized spacial score (nSPS) is 16.5. The van der Waals surface area contributed by atoms with Gasteiger partial charge in [0.2, 0.25) is 5.91 Å². The minimum Gasteiger partial charge on any atom is -0.337 e. The first-order valence-corrected chi connectivity index (χ1v) is 9.74. The Labute approximate surface area is 139 Å². The molecule has 1 aliphatic heterocycles. The second kappa shape index (κ2) is 6.09. The van der Waals surface area contributed by atoms with E-state index in [1.807, 2.05) is 16.2 Å². The number of rotatable bonds is 3. The number of fused-ring (bicyclic) bond motifs is 2. The summed E-state index contributed by atoms with van der Waals surface area (Å²) in [5.74, 6) is 0.820. The van der Waals surface area contributed by atoms with E-state index in [0.717, 1.165) is 19.5 Å². The second-order valence-electron chi connectivity index (χ2n) is 6.01. The van der Waals surface area contributed by atoms with Gasteiger partial charge in [0.05, 0.1) is 5.75 Å². The van der Waals surface area contributed by atoms with Crippen LogP contribution in [-0.4, -0.2) is 23.1 Å². The van der Waals surface area contributed by atoms with Crippen LogP contribution in [0, 0.1) is 0 Å². The van der Waals surface area contributed by atoms with Gasteiger partial charge < -0.3 is 4.90 Å². The van der Waals surface area contributed by atoms with E-state index in [9.17, 15) is 4.79 Å². The summed E-state index contributed by atoms with van der Waals surface area (Å²) >= 11 is 3.50. The van der Waals surface area contributed by atoms with Crippen molar-refractivity contribution < 1.29 is 4.79 Å². The Hall–Kier alpha value is -1.26. The number of aryl methyl sites for hydroxylation is 2. The van der Waals surface area contributed by atoms with Crippen LogP contribution in [0.2, 0.25) is 0 Å². The van der Waals surface area contributed by atoms with E-state index < -0.39 is 0 Å². The van der Waals surface area contributed by atoms with Gasteiger partial charge in [-0.15, -0.1) is 23.1 Å². The topological polar surface area (TPSA) is 20.3 Å². The Bertz CT molecular complexity index is 707. The second-order valence-corrected chi connectivity index (χ2v) is 8.06. The maximum Gasteiger partial charge on any atom is 0.233 e. The van der Waals surface area contributed by atoms with Gasteiger partial charge in [0.25, 0.3) is 0 Å². The van der Waals surface area contributed by atoms with Gasteiger partial charge in [0.15, 0.2) is 0 Å². The quantitative estimate of drug-likeness (QED) is 0.796. The molecule has 0 N–H and O–H groups in total. The molecule has 0 fully saturated rings. The molecule has 0 bridgehead atoms. The molecule has 1 aromatic carbocycles. The molecule has 1 amide bonds. The van der Waals surface area contributed by atoms with Crippen molar-refractivity contribution in [3.8, 4) is 0 Å². The van der Waals surface area contributed by atoms with Crippen molar-refractivity contribution in [2.45, 2.75) is 37.1 Å². The van der Waals surface area contributed by atoms with Crippen LogP contribution in [0.25, 0.3) is 0 Å². The maximum absolute atomic E-state index is 12.4. The summed E-state index contributed by atoms with van der Waals surface area (Å²) in [6.45, 7) is 1.67.